The van der Waals surface area contributed by atoms with Gasteiger partial charge < -0.3 is 10.2 Å². The molecular formula is C19H28ClN3O3S. The van der Waals surface area contributed by atoms with Crippen LogP contribution in [0.15, 0.2) is 29.2 Å². The van der Waals surface area contributed by atoms with E-state index >= 15 is 0 Å². The topological polar surface area (TPSA) is 78.5 Å². The normalized spacial score (nSPS) is 21.0. The lowest BCUT2D eigenvalue weighted by Gasteiger charge is -2.32. The van der Waals surface area contributed by atoms with E-state index in [9.17, 15) is 13.2 Å². The van der Waals surface area contributed by atoms with E-state index in [2.05, 4.69) is 10.0 Å². The number of likely N-dealkylation sites (tertiary alicyclic amines) is 1. The molecule has 1 amide bonds. The summed E-state index contributed by atoms with van der Waals surface area (Å²) in [4.78, 5) is 14.8. The van der Waals surface area contributed by atoms with Gasteiger partial charge in [-0.25, -0.2) is 13.1 Å². The number of nitrogens with zero attached hydrogens (tertiary/aromatic N) is 1. The zero-order chi connectivity index (χ0) is 18.1. The van der Waals surface area contributed by atoms with Gasteiger partial charge >= 0.3 is 0 Å². The molecule has 0 radical (unpaired) electrons. The van der Waals surface area contributed by atoms with Crippen LogP contribution in [0.25, 0.3) is 0 Å². The fraction of sp³-hybridized carbons (Fsp3) is 0.632. The SMILES string of the molecule is Cl.O=C(c1cccc(S(=O)(=O)NC2CC2)c1)N1CCC(NCC2CC2)CC1. The molecule has 150 valence electrons. The Bertz CT molecular complexity index is 770. The molecule has 8 heteroatoms. The van der Waals surface area contributed by atoms with Crippen molar-refractivity contribution in [3.63, 3.8) is 0 Å². The number of benzene rings is 1. The zero-order valence-electron chi connectivity index (χ0n) is 15.4. The summed E-state index contributed by atoms with van der Waals surface area (Å²) in [7, 11) is -3.53. The van der Waals surface area contributed by atoms with Crippen molar-refractivity contribution in [1.29, 1.82) is 0 Å². The van der Waals surface area contributed by atoms with Gasteiger partial charge in [-0.2, -0.15) is 0 Å². The quantitative estimate of drug-likeness (QED) is 0.717. The van der Waals surface area contributed by atoms with Crippen LogP contribution < -0.4 is 10.0 Å². The monoisotopic (exact) mass is 413 g/mol. The lowest BCUT2D eigenvalue weighted by molar-refractivity contribution is 0.0704. The van der Waals surface area contributed by atoms with Crippen LogP contribution in [-0.2, 0) is 10.0 Å². The molecule has 3 fully saturated rings. The summed E-state index contributed by atoms with van der Waals surface area (Å²) in [5, 5.41) is 3.61. The molecule has 0 aromatic heterocycles. The maximum absolute atomic E-state index is 12.8. The number of carbonyl (C=O) groups is 1. The van der Waals surface area contributed by atoms with Crippen LogP contribution in [0.4, 0.5) is 0 Å². The number of piperidine rings is 1. The lowest BCUT2D eigenvalue weighted by Crippen LogP contribution is -2.45. The van der Waals surface area contributed by atoms with Gasteiger partial charge in [0.2, 0.25) is 10.0 Å². The van der Waals surface area contributed by atoms with Crippen molar-refractivity contribution in [2.75, 3.05) is 19.6 Å². The molecule has 27 heavy (non-hydrogen) atoms. The number of carbonyl (C=O) groups excluding carboxylic acids is 1. The predicted molar refractivity (Wildman–Crippen MR) is 107 cm³/mol. The molecule has 0 unspecified atom stereocenters. The van der Waals surface area contributed by atoms with E-state index in [0.717, 1.165) is 51.2 Å². The van der Waals surface area contributed by atoms with Crippen LogP contribution in [0.1, 0.15) is 48.9 Å². The third-order valence-electron chi connectivity index (χ3n) is 5.46. The largest absolute Gasteiger partial charge is 0.339 e. The third-order valence-corrected chi connectivity index (χ3v) is 6.98. The predicted octanol–water partition coefficient (Wildman–Crippen LogP) is 2.15. The highest BCUT2D eigenvalue weighted by molar-refractivity contribution is 7.89. The number of rotatable bonds is 7. The molecule has 0 spiro atoms. The average Bonchev–Trinajstić information content (AvgIpc) is 3.56. The second-order valence-corrected chi connectivity index (χ2v) is 9.56. The fourth-order valence-corrected chi connectivity index (χ4v) is 4.76. The number of sulfonamides is 1. The first kappa shape index (κ1) is 20.6. The van der Waals surface area contributed by atoms with Crippen molar-refractivity contribution in [2.24, 2.45) is 5.92 Å². The van der Waals surface area contributed by atoms with Gasteiger partial charge in [-0.3, -0.25) is 4.79 Å². The molecule has 1 aromatic carbocycles. The van der Waals surface area contributed by atoms with Gasteiger partial charge in [0.15, 0.2) is 0 Å². The molecule has 2 N–H and O–H groups in total. The highest BCUT2D eigenvalue weighted by atomic mass is 35.5. The Morgan fingerprint density at radius 3 is 2.37 bits per heavy atom. The Morgan fingerprint density at radius 1 is 1.04 bits per heavy atom. The summed E-state index contributed by atoms with van der Waals surface area (Å²) in [6.07, 6.45) is 6.39. The summed E-state index contributed by atoms with van der Waals surface area (Å²) in [5.74, 6) is 0.790. The minimum Gasteiger partial charge on any atom is -0.339 e. The Hall–Kier alpha value is -1.15. The van der Waals surface area contributed by atoms with Gasteiger partial charge in [0.05, 0.1) is 4.90 Å². The van der Waals surface area contributed by atoms with Crippen molar-refractivity contribution in [3.8, 4) is 0 Å². The summed E-state index contributed by atoms with van der Waals surface area (Å²) in [5.41, 5.74) is 0.452. The Morgan fingerprint density at radius 2 is 1.74 bits per heavy atom. The molecular weight excluding hydrogens is 386 g/mol. The summed E-state index contributed by atoms with van der Waals surface area (Å²) in [6, 6.07) is 6.96. The van der Waals surface area contributed by atoms with Crippen molar-refractivity contribution in [2.45, 2.75) is 55.5 Å². The smallest absolute Gasteiger partial charge is 0.253 e. The minimum absolute atomic E-state index is 0. The molecule has 2 aliphatic carbocycles. The van der Waals surface area contributed by atoms with Gasteiger partial charge in [-0.1, -0.05) is 6.07 Å². The van der Waals surface area contributed by atoms with Crippen LogP contribution in [0, 0.1) is 5.92 Å². The summed E-state index contributed by atoms with van der Waals surface area (Å²) in [6.45, 7) is 2.55. The number of nitrogens with one attached hydrogen (secondary N) is 2. The van der Waals surface area contributed by atoms with Crippen LogP contribution >= 0.6 is 12.4 Å². The number of halogens is 1. The van der Waals surface area contributed by atoms with Gasteiger partial charge in [0, 0.05) is 30.7 Å². The molecule has 1 aromatic rings. The third kappa shape index (κ3) is 5.44. The second-order valence-electron chi connectivity index (χ2n) is 7.84. The molecule has 6 nitrogen and oxygen atoms in total. The highest BCUT2D eigenvalue weighted by Gasteiger charge is 2.29. The highest BCUT2D eigenvalue weighted by Crippen LogP contribution is 2.28. The summed E-state index contributed by atoms with van der Waals surface area (Å²) >= 11 is 0. The first-order valence-electron chi connectivity index (χ1n) is 9.66. The van der Waals surface area contributed by atoms with Gasteiger partial charge in [-0.15, -0.1) is 12.4 Å². The maximum atomic E-state index is 12.8. The zero-order valence-corrected chi connectivity index (χ0v) is 17.0. The van der Waals surface area contributed by atoms with Crippen LogP contribution in [-0.4, -0.2) is 50.9 Å². The van der Waals surface area contributed by atoms with Crippen molar-refractivity contribution < 1.29 is 13.2 Å². The first-order valence-corrected chi connectivity index (χ1v) is 11.1. The van der Waals surface area contributed by atoms with Crippen LogP contribution in [0.3, 0.4) is 0 Å². The van der Waals surface area contributed by atoms with Gasteiger partial charge in [0.1, 0.15) is 0 Å². The Balaban J connectivity index is 0.00000210. The lowest BCUT2D eigenvalue weighted by atomic mass is 10.0. The van der Waals surface area contributed by atoms with E-state index in [0.29, 0.717) is 11.6 Å². The van der Waals surface area contributed by atoms with Gasteiger partial charge in [0.25, 0.3) is 5.91 Å². The minimum atomic E-state index is -3.53. The standard InChI is InChI=1S/C19H27N3O3S.ClH/c23-19(22-10-8-16(9-11-22)20-13-14-4-5-14)15-2-1-3-18(12-15)26(24,25)21-17-6-7-17;/h1-3,12,14,16-17,20-21H,4-11,13H2;1H. The maximum Gasteiger partial charge on any atom is 0.253 e. The van der Waals surface area contributed by atoms with E-state index in [1.165, 1.54) is 18.9 Å². The Labute approximate surface area is 167 Å². The van der Waals surface area contributed by atoms with Crippen molar-refractivity contribution >= 4 is 28.3 Å². The molecule has 0 bridgehead atoms. The van der Waals surface area contributed by atoms with Crippen molar-refractivity contribution in [3.05, 3.63) is 29.8 Å². The number of hydrogen-bond donors (Lipinski definition) is 2. The molecule has 4 rings (SSSR count). The first-order chi connectivity index (χ1) is 12.5. The van der Waals surface area contributed by atoms with Crippen LogP contribution in [0.5, 0.6) is 0 Å². The van der Waals surface area contributed by atoms with Crippen LogP contribution in [0.2, 0.25) is 0 Å². The molecule has 2 saturated carbocycles. The van der Waals surface area contributed by atoms with Gasteiger partial charge in [-0.05, 0) is 69.2 Å². The van der Waals surface area contributed by atoms with E-state index in [1.54, 1.807) is 18.2 Å². The van der Waals surface area contributed by atoms with E-state index in [-0.39, 0.29) is 29.3 Å². The van der Waals surface area contributed by atoms with E-state index in [1.807, 2.05) is 4.90 Å². The fourth-order valence-electron chi connectivity index (χ4n) is 3.41. The molecule has 1 saturated heterocycles. The average molecular weight is 414 g/mol. The van der Waals surface area contributed by atoms with E-state index in [4.69, 9.17) is 0 Å². The summed E-state index contributed by atoms with van der Waals surface area (Å²) < 4.78 is 27.4. The molecule has 1 heterocycles. The molecule has 1 aliphatic heterocycles. The Kier molecular flexibility index (Phi) is 6.46. The number of amides is 1. The van der Waals surface area contributed by atoms with E-state index < -0.39 is 10.0 Å². The molecule has 0 atom stereocenters. The van der Waals surface area contributed by atoms with Crippen molar-refractivity contribution in [1.82, 2.24) is 14.9 Å². The second kappa shape index (κ2) is 8.47. The molecule has 3 aliphatic rings. The number of hydrogen-bond acceptors (Lipinski definition) is 4.